The molecule has 1 aromatic carbocycles. The maximum atomic E-state index is 8.70. The van der Waals surface area contributed by atoms with Gasteiger partial charge in [0.1, 0.15) is 5.75 Å². The number of nitrogens with one attached hydrogen (secondary N) is 1. The minimum Gasteiger partial charge on any atom is -0.508 e. The van der Waals surface area contributed by atoms with Crippen molar-refractivity contribution < 1.29 is 5.11 Å². The topological polar surface area (TPSA) is 32.3 Å². The molecule has 0 saturated carbocycles. The van der Waals surface area contributed by atoms with Crippen LogP contribution in [0.15, 0.2) is 24.3 Å². The predicted octanol–water partition coefficient (Wildman–Crippen LogP) is 3.69. The van der Waals surface area contributed by atoms with Gasteiger partial charge in [0.15, 0.2) is 0 Å². The van der Waals surface area contributed by atoms with Gasteiger partial charge < -0.3 is 10.4 Å². The van der Waals surface area contributed by atoms with Crippen molar-refractivity contribution in [3.05, 3.63) is 29.3 Å². The van der Waals surface area contributed by atoms with E-state index in [9.17, 15) is 0 Å². The fourth-order valence-corrected chi connectivity index (χ4v) is 2.15. The zero-order valence-electron chi connectivity index (χ0n) is 10.6. The molecule has 0 aromatic heterocycles. The Balaban J connectivity index is 0.000000171. The number of aromatic hydroxyl groups is 1. The number of phenols is 1. The van der Waals surface area contributed by atoms with Gasteiger partial charge in [0, 0.05) is 5.02 Å². The summed E-state index contributed by atoms with van der Waals surface area (Å²) in [4.78, 5) is 0. The lowest BCUT2D eigenvalue weighted by Gasteiger charge is -2.09. The van der Waals surface area contributed by atoms with Crippen LogP contribution >= 0.6 is 11.6 Å². The largest absolute Gasteiger partial charge is 0.508 e. The number of benzene rings is 1. The van der Waals surface area contributed by atoms with Crippen molar-refractivity contribution in [2.75, 3.05) is 13.1 Å². The monoisotopic (exact) mass is 255 g/mol. The van der Waals surface area contributed by atoms with Gasteiger partial charge in [0.2, 0.25) is 0 Å². The Kier molecular flexibility index (Phi) is 6.38. The van der Waals surface area contributed by atoms with Crippen molar-refractivity contribution in [3.8, 4) is 5.75 Å². The van der Waals surface area contributed by atoms with Crippen molar-refractivity contribution in [2.45, 2.75) is 26.7 Å². The van der Waals surface area contributed by atoms with Crippen molar-refractivity contribution in [2.24, 2.45) is 11.8 Å². The van der Waals surface area contributed by atoms with Crippen molar-refractivity contribution in [1.82, 2.24) is 5.32 Å². The Hall–Kier alpha value is -0.730. The highest BCUT2D eigenvalue weighted by atomic mass is 35.5. The molecule has 0 spiro atoms. The average Bonchev–Trinajstić information content (AvgIpc) is 2.75. The van der Waals surface area contributed by atoms with Gasteiger partial charge in [0.05, 0.1) is 0 Å². The zero-order chi connectivity index (χ0) is 12.7. The summed E-state index contributed by atoms with van der Waals surface area (Å²) >= 11 is 5.50. The van der Waals surface area contributed by atoms with Crippen LogP contribution in [0.4, 0.5) is 0 Å². The first kappa shape index (κ1) is 14.3. The Morgan fingerprint density at radius 2 is 2.00 bits per heavy atom. The zero-order valence-corrected chi connectivity index (χ0v) is 11.4. The van der Waals surface area contributed by atoms with E-state index in [1.165, 1.54) is 25.9 Å². The van der Waals surface area contributed by atoms with Crippen LogP contribution in [0.1, 0.15) is 26.7 Å². The van der Waals surface area contributed by atoms with Gasteiger partial charge in [0.25, 0.3) is 0 Å². The Labute approximate surface area is 109 Å². The summed E-state index contributed by atoms with van der Waals surface area (Å²) in [5.74, 6) is 2.11. The molecule has 1 heterocycles. The fourth-order valence-electron chi connectivity index (χ4n) is 2.02. The van der Waals surface area contributed by atoms with E-state index < -0.39 is 0 Å². The van der Waals surface area contributed by atoms with Gasteiger partial charge in [-0.15, -0.1) is 0 Å². The van der Waals surface area contributed by atoms with Crippen LogP contribution in [-0.4, -0.2) is 18.2 Å². The van der Waals surface area contributed by atoms with Crippen LogP contribution < -0.4 is 5.32 Å². The molecule has 1 aliphatic rings. The van der Waals surface area contributed by atoms with Crippen molar-refractivity contribution >= 4 is 11.6 Å². The molecule has 1 aromatic rings. The maximum absolute atomic E-state index is 8.70. The standard InChI is InChI=1S/C8H17N.C6H5ClO/c1-7(2)5-8-3-4-9-6-8;7-5-1-3-6(8)4-2-5/h7-9H,3-6H2,1-2H3;1-4,8H/t8-;/m1./s1. The number of halogens is 1. The van der Waals surface area contributed by atoms with Crippen LogP contribution in [-0.2, 0) is 0 Å². The SMILES string of the molecule is CC(C)C[C@H]1CCNC1.Oc1ccc(Cl)cc1. The molecule has 1 saturated heterocycles. The predicted molar refractivity (Wildman–Crippen MR) is 73.5 cm³/mol. The molecule has 0 amide bonds. The molecule has 1 aliphatic heterocycles. The summed E-state index contributed by atoms with van der Waals surface area (Å²) in [5.41, 5.74) is 0. The van der Waals surface area contributed by atoms with E-state index in [-0.39, 0.29) is 5.75 Å². The molecule has 0 bridgehead atoms. The second-order valence-electron chi connectivity index (χ2n) is 4.96. The molecular formula is C14H22ClNO. The van der Waals surface area contributed by atoms with E-state index in [1.54, 1.807) is 24.3 Å². The highest BCUT2D eigenvalue weighted by Gasteiger charge is 2.14. The first-order valence-corrected chi connectivity index (χ1v) is 6.61. The molecule has 2 nitrogen and oxygen atoms in total. The highest BCUT2D eigenvalue weighted by molar-refractivity contribution is 6.30. The van der Waals surface area contributed by atoms with Gasteiger partial charge in [-0.1, -0.05) is 25.4 Å². The molecular weight excluding hydrogens is 234 g/mol. The number of phenolic OH excluding ortho intramolecular Hbond substituents is 1. The van der Waals surface area contributed by atoms with Crippen molar-refractivity contribution in [1.29, 1.82) is 0 Å². The van der Waals surface area contributed by atoms with Gasteiger partial charge in [-0.25, -0.2) is 0 Å². The summed E-state index contributed by atoms with van der Waals surface area (Å²) in [6.07, 6.45) is 2.81. The molecule has 1 atom stereocenters. The third-order valence-corrected chi connectivity index (χ3v) is 3.05. The number of rotatable bonds is 2. The molecule has 1 fully saturated rings. The second kappa shape index (κ2) is 7.57. The normalized spacial score (nSPS) is 18.9. The van der Waals surface area contributed by atoms with Crippen LogP contribution in [0.3, 0.4) is 0 Å². The van der Waals surface area contributed by atoms with E-state index in [1.807, 2.05) is 0 Å². The van der Waals surface area contributed by atoms with Gasteiger partial charge >= 0.3 is 0 Å². The van der Waals surface area contributed by atoms with E-state index >= 15 is 0 Å². The van der Waals surface area contributed by atoms with E-state index in [0.717, 1.165) is 11.8 Å². The smallest absolute Gasteiger partial charge is 0.115 e. The summed E-state index contributed by atoms with van der Waals surface area (Å²) < 4.78 is 0. The molecule has 0 aliphatic carbocycles. The van der Waals surface area contributed by atoms with E-state index in [2.05, 4.69) is 19.2 Å². The number of hydrogen-bond donors (Lipinski definition) is 2. The fraction of sp³-hybridized carbons (Fsp3) is 0.571. The molecule has 2 N–H and O–H groups in total. The molecule has 3 heteroatoms. The minimum absolute atomic E-state index is 0.245. The Morgan fingerprint density at radius 3 is 2.41 bits per heavy atom. The first-order chi connectivity index (χ1) is 8.08. The van der Waals surface area contributed by atoms with Gasteiger partial charge in [-0.05, 0) is 62.0 Å². The van der Waals surface area contributed by atoms with Crippen LogP contribution in [0, 0.1) is 11.8 Å². The molecule has 17 heavy (non-hydrogen) atoms. The van der Waals surface area contributed by atoms with Crippen LogP contribution in [0.25, 0.3) is 0 Å². The number of hydrogen-bond acceptors (Lipinski definition) is 2. The third-order valence-electron chi connectivity index (χ3n) is 2.79. The molecule has 96 valence electrons. The summed E-state index contributed by atoms with van der Waals surface area (Å²) in [6.45, 7) is 7.12. The van der Waals surface area contributed by atoms with E-state index in [4.69, 9.17) is 16.7 Å². The summed E-state index contributed by atoms with van der Waals surface area (Å²) in [6, 6.07) is 6.36. The Morgan fingerprint density at radius 1 is 1.35 bits per heavy atom. The quantitative estimate of drug-likeness (QED) is 0.845. The highest BCUT2D eigenvalue weighted by Crippen LogP contribution is 2.17. The summed E-state index contributed by atoms with van der Waals surface area (Å²) in [5, 5.41) is 12.7. The maximum Gasteiger partial charge on any atom is 0.115 e. The minimum atomic E-state index is 0.245. The van der Waals surface area contributed by atoms with Crippen LogP contribution in [0.2, 0.25) is 5.02 Å². The van der Waals surface area contributed by atoms with Crippen molar-refractivity contribution in [3.63, 3.8) is 0 Å². The Bertz CT molecular complexity index is 284. The van der Waals surface area contributed by atoms with E-state index in [0.29, 0.717) is 5.02 Å². The molecule has 2 rings (SSSR count). The summed E-state index contributed by atoms with van der Waals surface area (Å²) in [7, 11) is 0. The first-order valence-electron chi connectivity index (χ1n) is 6.23. The third kappa shape index (κ3) is 6.54. The molecule has 0 radical (unpaired) electrons. The van der Waals surface area contributed by atoms with Crippen LogP contribution in [0.5, 0.6) is 5.75 Å². The lowest BCUT2D eigenvalue weighted by atomic mass is 9.97. The van der Waals surface area contributed by atoms with Gasteiger partial charge in [-0.2, -0.15) is 0 Å². The lowest BCUT2D eigenvalue weighted by molar-refractivity contribution is 0.438. The average molecular weight is 256 g/mol. The lowest BCUT2D eigenvalue weighted by Crippen LogP contribution is -2.10. The second-order valence-corrected chi connectivity index (χ2v) is 5.40. The van der Waals surface area contributed by atoms with Gasteiger partial charge in [-0.3, -0.25) is 0 Å². The molecule has 0 unspecified atom stereocenters.